The zero-order valence-corrected chi connectivity index (χ0v) is 13.5. The van der Waals surface area contributed by atoms with Crippen molar-refractivity contribution in [3.63, 3.8) is 0 Å². The molecule has 4 aliphatic carbocycles. The molecule has 2 nitrogen and oxygen atoms in total. The summed E-state index contributed by atoms with van der Waals surface area (Å²) in [4.78, 5) is 12.1. The molecule has 2 bridgehead atoms. The van der Waals surface area contributed by atoms with E-state index < -0.39 is 0 Å². The van der Waals surface area contributed by atoms with E-state index in [-0.39, 0.29) is 5.41 Å². The van der Waals surface area contributed by atoms with Crippen molar-refractivity contribution in [2.75, 3.05) is 6.61 Å². The molecular weight excluding hydrogens is 260 g/mol. The largest absolute Gasteiger partial charge is 0.396 e. The lowest BCUT2D eigenvalue weighted by Gasteiger charge is -2.57. The molecule has 3 saturated carbocycles. The van der Waals surface area contributed by atoms with E-state index in [0.717, 1.165) is 36.7 Å². The third-order valence-corrected chi connectivity index (χ3v) is 7.88. The summed E-state index contributed by atoms with van der Waals surface area (Å²) in [5.74, 6) is 2.47. The van der Waals surface area contributed by atoms with Gasteiger partial charge in [0.25, 0.3) is 0 Å². The third kappa shape index (κ3) is 1.72. The molecule has 4 rings (SSSR count). The SMILES string of the molecule is CC1=C2CC[C@]34C[C@@H](CO)[C@H](CC[C@H]3[C@]2(C)CCC1=O)C4. The highest BCUT2D eigenvalue weighted by Crippen LogP contribution is 2.69. The monoisotopic (exact) mass is 288 g/mol. The van der Waals surface area contributed by atoms with Crippen LogP contribution in [0.2, 0.25) is 0 Å². The number of aliphatic hydroxyl groups excluding tert-OH is 1. The number of aliphatic hydroxyl groups is 1. The molecule has 0 radical (unpaired) electrons. The predicted molar refractivity (Wildman–Crippen MR) is 82.7 cm³/mol. The highest BCUT2D eigenvalue weighted by atomic mass is 16.3. The van der Waals surface area contributed by atoms with Crippen molar-refractivity contribution in [1.82, 2.24) is 0 Å². The summed E-state index contributed by atoms with van der Waals surface area (Å²) in [6.07, 6.45) is 9.43. The van der Waals surface area contributed by atoms with Gasteiger partial charge in [-0.3, -0.25) is 4.79 Å². The fourth-order valence-electron chi connectivity index (χ4n) is 6.90. The molecule has 2 heteroatoms. The van der Waals surface area contributed by atoms with Crippen molar-refractivity contribution >= 4 is 5.78 Å². The van der Waals surface area contributed by atoms with Gasteiger partial charge in [0.15, 0.2) is 5.78 Å². The Labute approximate surface area is 128 Å². The summed E-state index contributed by atoms with van der Waals surface area (Å²) >= 11 is 0. The predicted octanol–water partition coefficient (Wildman–Crippen LogP) is 3.88. The van der Waals surface area contributed by atoms with Gasteiger partial charge in [-0.15, -0.1) is 0 Å². The van der Waals surface area contributed by atoms with Gasteiger partial charge in [0.05, 0.1) is 0 Å². The summed E-state index contributed by atoms with van der Waals surface area (Å²) in [5, 5.41) is 9.72. The Kier molecular flexibility index (Phi) is 2.96. The molecule has 0 aliphatic heterocycles. The third-order valence-electron chi connectivity index (χ3n) is 7.88. The van der Waals surface area contributed by atoms with Crippen LogP contribution in [0.3, 0.4) is 0 Å². The van der Waals surface area contributed by atoms with Crippen LogP contribution in [-0.4, -0.2) is 17.5 Å². The maximum absolute atomic E-state index is 12.1. The Balaban J connectivity index is 1.76. The van der Waals surface area contributed by atoms with Gasteiger partial charge in [-0.05, 0) is 86.0 Å². The highest BCUT2D eigenvalue weighted by molar-refractivity contribution is 5.96. The highest BCUT2D eigenvalue weighted by Gasteiger charge is 2.60. The summed E-state index contributed by atoms with van der Waals surface area (Å²) in [6, 6.07) is 0. The Morgan fingerprint density at radius 1 is 1.19 bits per heavy atom. The van der Waals surface area contributed by atoms with E-state index in [1.54, 1.807) is 0 Å². The second-order valence-corrected chi connectivity index (χ2v) is 8.55. The summed E-state index contributed by atoms with van der Waals surface area (Å²) < 4.78 is 0. The van der Waals surface area contributed by atoms with Crippen LogP contribution in [0.4, 0.5) is 0 Å². The lowest BCUT2D eigenvalue weighted by atomic mass is 9.47. The first-order valence-electron chi connectivity index (χ1n) is 8.84. The average molecular weight is 288 g/mol. The van der Waals surface area contributed by atoms with Gasteiger partial charge in [0, 0.05) is 13.0 Å². The smallest absolute Gasteiger partial charge is 0.158 e. The maximum Gasteiger partial charge on any atom is 0.158 e. The molecule has 4 aliphatic rings. The molecule has 0 aromatic carbocycles. The van der Waals surface area contributed by atoms with Gasteiger partial charge < -0.3 is 5.11 Å². The minimum Gasteiger partial charge on any atom is -0.396 e. The Hall–Kier alpha value is -0.630. The number of Topliss-reactive ketones (excluding diaryl/α,β-unsaturated/α-hetero) is 1. The van der Waals surface area contributed by atoms with Crippen LogP contribution in [0, 0.1) is 28.6 Å². The minimum absolute atomic E-state index is 0.269. The first-order chi connectivity index (χ1) is 10.00. The summed E-state index contributed by atoms with van der Waals surface area (Å²) in [7, 11) is 0. The van der Waals surface area contributed by atoms with E-state index in [4.69, 9.17) is 0 Å². The Bertz CT molecular complexity index is 520. The van der Waals surface area contributed by atoms with Crippen LogP contribution in [0.15, 0.2) is 11.1 Å². The van der Waals surface area contributed by atoms with Crippen LogP contribution in [0.1, 0.15) is 65.2 Å². The fraction of sp³-hybridized carbons (Fsp3) is 0.842. The van der Waals surface area contributed by atoms with Crippen molar-refractivity contribution in [3.8, 4) is 0 Å². The molecule has 0 saturated heterocycles. The molecule has 0 unspecified atom stereocenters. The Morgan fingerprint density at radius 3 is 2.76 bits per heavy atom. The summed E-state index contributed by atoms with van der Waals surface area (Å²) in [5.41, 5.74) is 3.35. The Morgan fingerprint density at radius 2 is 2.00 bits per heavy atom. The van der Waals surface area contributed by atoms with Gasteiger partial charge in [-0.1, -0.05) is 12.5 Å². The molecule has 0 heterocycles. The van der Waals surface area contributed by atoms with E-state index >= 15 is 0 Å². The minimum atomic E-state index is 0.269. The van der Waals surface area contributed by atoms with Crippen LogP contribution >= 0.6 is 0 Å². The topological polar surface area (TPSA) is 37.3 Å². The molecule has 0 aromatic rings. The molecule has 116 valence electrons. The van der Waals surface area contributed by atoms with Crippen molar-refractivity contribution in [1.29, 1.82) is 0 Å². The molecular formula is C19H28O2. The van der Waals surface area contributed by atoms with E-state index in [2.05, 4.69) is 13.8 Å². The standard InChI is InChI=1S/C19H28O2/c1-12-15-5-8-19-9-13(14(10-19)11-20)3-4-17(19)18(15,2)7-6-16(12)21/h13-14,17,20H,3-11H2,1-2H3/t13-,14+,17+,18-,19+/m1/s1. The molecule has 0 aromatic heterocycles. The number of rotatable bonds is 1. The molecule has 1 spiro atoms. The number of carbonyl (C=O) groups is 1. The number of fused-ring (bicyclic) bond motifs is 3. The second-order valence-electron chi connectivity index (χ2n) is 8.55. The number of hydrogen-bond acceptors (Lipinski definition) is 2. The van der Waals surface area contributed by atoms with E-state index in [1.165, 1.54) is 37.7 Å². The fourth-order valence-corrected chi connectivity index (χ4v) is 6.90. The normalized spacial score (nSPS) is 49.1. The van der Waals surface area contributed by atoms with Crippen LogP contribution in [0.5, 0.6) is 0 Å². The summed E-state index contributed by atoms with van der Waals surface area (Å²) in [6.45, 7) is 4.91. The quantitative estimate of drug-likeness (QED) is 0.795. The van der Waals surface area contributed by atoms with Gasteiger partial charge in [0.1, 0.15) is 0 Å². The molecule has 21 heavy (non-hydrogen) atoms. The maximum atomic E-state index is 12.1. The molecule has 5 atom stereocenters. The number of ketones is 1. The van der Waals surface area contributed by atoms with Crippen LogP contribution in [-0.2, 0) is 4.79 Å². The van der Waals surface area contributed by atoms with Crippen molar-refractivity contribution in [2.45, 2.75) is 65.2 Å². The zero-order valence-electron chi connectivity index (χ0n) is 13.5. The van der Waals surface area contributed by atoms with Gasteiger partial charge in [0.2, 0.25) is 0 Å². The van der Waals surface area contributed by atoms with Crippen LogP contribution < -0.4 is 0 Å². The van der Waals surface area contributed by atoms with Crippen molar-refractivity contribution < 1.29 is 9.90 Å². The van der Waals surface area contributed by atoms with Gasteiger partial charge in [-0.2, -0.15) is 0 Å². The van der Waals surface area contributed by atoms with Crippen molar-refractivity contribution in [3.05, 3.63) is 11.1 Å². The van der Waals surface area contributed by atoms with E-state index in [0.29, 0.717) is 23.7 Å². The van der Waals surface area contributed by atoms with Gasteiger partial charge >= 0.3 is 0 Å². The van der Waals surface area contributed by atoms with Crippen molar-refractivity contribution in [2.24, 2.45) is 28.6 Å². The van der Waals surface area contributed by atoms with Crippen LogP contribution in [0.25, 0.3) is 0 Å². The molecule has 1 N–H and O–H groups in total. The molecule has 0 amide bonds. The number of allylic oxidation sites excluding steroid dienone is 2. The number of hydrogen-bond donors (Lipinski definition) is 1. The molecule has 3 fully saturated rings. The van der Waals surface area contributed by atoms with Gasteiger partial charge in [-0.25, -0.2) is 0 Å². The average Bonchev–Trinajstić information content (AvgIpc) is 2.74. The first kappa shape index (κ1) is 14.0. The number of carbonyl (C=O) groups excluding carboxylic acids is 1. The zero-order chi connectivity index (χ0) is 14.8. The lowest BCUT2D eigenvalue weighted by Crippen LogP contribution is -2.49. The van der Waals surface area contributed by atoms with E-state index in [9.17, 15) is 9.90 Å². The second kappa shape index (κ2) is 4.44. The van der Waals surface area contributed by atoms with E-state index in [1.807, 2.05) is 0 Å². The first-order valence-corrected chi connectivity index (χ1v) is 8.84. The lowest BCUT2D eigenvalue weighted by molar-refractivity contribution is -0.118.